The highest BCUT2D eigenvalue weighted by Gasteiger charge is 1.97. The minimum Gasteiger partial charge on any atom is -0.385 e. The van der Waals surface area contributed by atoms with Gasteiger partial charge in [0.1, 0.15) is 0 Å². The van der Waals surface area contributed by atoms with Gasteiger partial charge in [-0.3, -0.25) is 4.79 Å². The third-order valence-electron chi connectivity index (χ3n) is 0.956. The molecule has 1 atom stereocenters. The van der Waals surface area contributed by atoms with Gasteiger partial charge in [-0.2, -0.15) is 0 Å². The maximum Gasteiger partial charge on any atom is 0.201 e. The van der Waals surface area contributed by atoms with Crippen LogP contribution >= 0.6 is 0 Å². The second-order valence-corrected chi connectivity index (χ2v) is 1.80. The van der Waals surface area contributed by atoms with Crippen LogP contribution in [0, 0.1) is 5.92 Å². The van der Waals surface area contributed by atoms with Crippen LogP contribution in [-0.2, 0) is 9.53 Å². The first-order valence-electron chi connectivity index (χ1n) is 2.68. The van der Waals surface area contributed by atoms with Crippen LogP contribution in [0.2, 0.25) is 0 Å². The van der Waals surface area contributed by atoms with Gasteiger partial charge in [-0.1, -0.05) is 6.92 Å². The van der Waals surface area contributed by atoms with Crippen LogP contribution in [0.3, 0.4) is 0 Å². The smallest absolute Gasteiger partial charge is 0.201 e. The average Bonchev–Trinajstić information content (AvgIpc) is 1.83. The Bertz CT molecular complexity index is 61.5. The van der Waals surface area contributed by atoms with Crippen LogP contribution in [0.15, 0.2) is 0 Å². The topological polar surface area (TPSA) is 26.3 Å². The van der Waals surface area contributed by atoms with E-state index in [1.54, 1.807) is 7.11 Å². The standard InChI is InChI=1S/C6H11O2/c1-6(5-7)3-4-8-2/h6H,3-4H2,1-2H3. The summed E-state index contributed by atoms with van der Waals surface area (Å²) in [5.74, 6) is 0.0231. The van der Waals surface area contributed by atoms with E-state index in [1.807, 2.05) is 13.2 Å². The molecule has 0 aromatic rings. The second-order valence-electron chi connectivity index (χ2n) is 1.80. The van der Waals surface area contributed by atoms with Crippen LogP contribution in [0.1, 0.15) is 13.3 Å². The molecule has 0 amide bonds. The number of carbonyl (C=O) groups excluding carboxylic acids is 1. The summed E-state index contributed by atoms with van der Waals surface area (Å²) in [5, 5.41) is 0. The Kier molecular flexibility index (Phi) is 4.56. The summed E-state index contributed by atoms with van der Waals surface area (Å²) in [6.45, 7) is 2.47. The molecule has 0 saturated heterocycles. The van der Waals surface area contributed by atoms with Crippen molar-refractivity contribution >= 4 is 6.29 Å². The lowest BCUT2D eigenvalue weighted by Crippen LogP contribution is -1.99. The van der Waals surface area contributed by atoms with E-state index in [9.17, 15) is 4.79 Å². The summed E-state index contributed by atoms with van der Waals surface area (Å²) in [7, 11) is 1.62. The molecular formula is C6H11O2. The zero-order valence-corrected chi connectivity index (χ0v) is 5.31. The van der Waals surface area contributed by atoms with Gasteiger partial charge in [0.05, 0.1) is 0 Å². The summed E-state index contributed by atoms with van der Waals surface area (Å²) >= 11 is 0. The summed E-state index contributed by atoms with van der Waals surface area (Å²) in [6.07, 6.45) is 2.65. The van der Waals surface area contributed by atoms with Crippen molar-refractivity contribution in [2.75, 3.05) is 13.7 Å². The molecular weight excluding hydrogens is 104 g/mol. The van der Waals surface area contributed by atoms with Crippen LogP contribution in [-0.4, -0.2) is 20.0 Å². The van der Waals surface area contributed by atoms with E-state index in [0.717, 1.165) is 6.42 Å². The number of rotatable bonds is 4. The molecule has 0 bridgehead atoms. The SMILES string of the molecule is COCCC(C)[C]=O. The van der Waals surface area contributed by atoms with Gasteiger partial charge in [0, 0.05) is 19.6 Å². The predicted molar refractivity (Wildman–Crippen MR) is 31.4 cm³/mol. The van der Waals surface area contributed by atoms with Crippen LogP contribution in [0.25, 0.3) is 0 Å². The summed E-state index contributed by atoms with van der Waals surface area (Å²) in [6, 6.07) is 0. The van der Waals surface area contributed by atoms with Gasteiger partial charge < -0.3 is 4.74 Å². The van der Waals surface area contributed by atoms with Crippen molar-refractivity contribution in [2.45, 2.75) is 13.3 Å². The maximum absolute atomic E-state index is 9.83. The van der Waals surface area contributed by atoms with Crippen molar-refractivity contribution in [1.82, 2.24) is 0 Å². The highest BCUT2D eigenvalue weighted by Crippen LogP contribution is 1.95. The van der Waals surface area contributed by atoms with E-state index in [0.29, 0.717) is 6.61 Å². The first-order chi connectivity index (χ1) is 3.81. The molecule has 0 aromatic heterocycles. The van der Waals surface area contributed by atoms with Gasteiger partial charge in [0.25, 0.3) is 0 Å². The molecule has 0 heterocycles. The predicted octanol–water partition coefficient (Wildman–Crippen LogP) is 0.769. The molecule has 8 heavy (non-hydrogen) atoms. The number of hydrogen-bond donors (Lipinski definition) is 0. The lowest BCUT2D eigenvalue weighted by Gasteiger charge is -1.97. The Labute approximate surface area is 49.8 Å². The minimum atomic E-state index is 0.0231. The van der Waals surface area contributed by atoms with Crippen molar-refractivity contribution in [3.63, 3.8) is 0 Å². The zero-order valence-electron chi connectivity index (χ0n) is 5.31. The van der Waals surface area contributed by atoms with Gasteiger partial charge >= 0.3 is 0 Å². The summed E-state index contributed by atoms with van der Waals surface area (Å²) in [4.78, 5) is 9.83. The first-order valence-corrected chi connectivity index (χ1v) is 2.68. The largest absolute Gasteiger partial charge is 0.385 e. The van der Waals surface area contributed by atoms with Crippen molar-refractivity contribution < 1.29 is 9.53 Å². The lowest BCUT2D eigenvalue weighted by atomic mass is 10.1. The third kappa shape index (κ3) is 3.81. The van der Waals surface area contributed by atoms with Crippen LogP contribution in [0.5, 0.6) is 0 Å². The number of ether oxygens (including phenoxy) is 1. The van der Waals surface area contributed by atoms with Crippen LogP contribution in [0.4, 0.5) is 0 Å². The van der Waals surface area contributed by atoms with Crippen molar-refractivity contribution in [3.8, 4) is 0 Å². The van der Waals surface area contributed by atoms with E-state index >= 15 is 0 Å². The van der Waals surface area contributed by atoms with Gasteiger partial charge in [0.2, 0.25) is 6.29 Å². The summed E-state index contributed by atoms with van der Waals surface area (Å²) in [5.41, 5.74) is 0. The maximum atomic E-state index is 9.83. The third-order valence-corrected chi connectivity index (χ3v) is 0.956. The van der Waals surface area contributed by atoms with Crippen molar-refractivity contribution in [1.29, 1.82) is 0 Å². The van der Waals surface area contributed by atoms with Gasteiger partial charge in [-0.25, -0.2) is 0 Å². The molecule has 1 radical (unpaired) electrons. The van der Waals surface area contributed by atoms with Gasteiger partial charge in [-0.15, -0.1) is 0 Å². The molecule has 47 valence electrons. The van der Waals surface area contributed by atoms with Gasteiger partial charge in [0.15, 0.2) is 0 Å². The molecule has 0 aliphatic heterocycles. The Morgan fingerprint density at radius 2 is 2.38 bits per heavy atom. The van der Waals surface area contributed by atoms with E-state index in [2.05, 4.69) is 0 Å². The Hall–Kier alpha value is -0.370. The van der Waals surface area contributed by atoms with Crippen molar-refractivity contribution in [2.24, 2.45) is 5.92 Å². The second kappa shape index (κ2) is 4.78. The van der Waals surface area contributed by atoms with Gasteiger partial charge in [-0.05, 0) is 6.42 Å². The Morgan fingerprint density at radius 1 is 1.75 bits per heavy atom. The number of methoxy groups -OCH3 is 1. The first kappa shape index (κ1) is 7.63. The monoisotopic (exact) mass is 115 g/mol. The fourth-order valence-electron chi connectivity index (χ4n) is 0.354. The zero-order chi connectivity index (χ0) is 6.41. The van der Waals surface area contributed by atoms with Crippen molar-refractivity contribution in [3.05, 3.63) is 0 Å². The van der Waals surface area contributed by atoms with Crippen LogP contribution < -0.4 is 0 Å². The molecule has 0 spiro atoms. The molecule has 0 fully saturated rings. The lowest BCUT2D eigenvalue weighted by molar-refractivity contribution is 0.188. The molecule has 1 unspecified atom stereocenters. The number of hydrogen-bond acceptors (Lipinski definition) is 2. The molecule has 0 N–H and O–H groups in total. The molecule has 2 nitrogen and oxygen atoms in total. The highest BCUT2D eigenvalue weighted by molar-refractivity contribution is 5.53. The van der Waals surface area contributed by atoms with E-state index in [4.69, 9.17) is 4.74 Å². The molecule has 0 aromatic carbocycles. The quantitative estimate of drug-likeness (QED) is 0.541. The molecule has 0 saturated carbocycles. The van der Waals surface area contributed by atoms with E-state index < -0.39 is 0 Å². The molecule has 0 aliphatic carbocycles. The molecule has 0 rings (SSSR count). The highest BCUT2D eigenvalue weighted by atomic mass is 16.5. The Balaban J connectivity index is 2.98. The average molecular weight is 115 g/mol. The van der Waals surface area contributed by atoms with E-state index in [1.165, 1.54) is 0 Å². The molecule has 2 heteroatoms. The Morgan fingerprint density at radius 3 is 2.75 bits per heavy atom. The fourth-order valence-corrected chi connectivity index (χ4v) is 0.354. The van der Waals surface area contributed by atoms with E-state index in [-0.39, 0.29) is 5.92 Å². The summed E-state index contributed by atoms with van der Waals surface area (Å²) < 4.78 is 4.74. The minimum absolute atomic E-state index is 0.0231. The normalized spacial score (nSPS) is 13.2. The molecule has 0 aliphatic rings. The fraction of sp³-hybridized carbons (Fsp3) is 0.833.